The summed E-state index contributed by atoms with van der Waals surface area (Å²) in [6.45, 7) is 1.15. The number of benzene rings is 2. The molecule has 3 aromatic rings. The number of nitrogens with zero attached hydrogens (tertiary/aromatic N) is 1. The lowest BCUT2D eigenvalue weighted by molar-refractivity contribution is -0.384. The highest BCUT2D eigenvalue weighted by Gasteiger charge is 2.16. The largest absolute Gasteiger partial charge is 0.450 e. The third-order valence-corrected chi connectivity index (χ3v) is 3.67. The second kappa shape index (κ2) is 7.06. The first kappa shape index (κ1) is 17.2. The first-order valence-electron chi connectivity index (χ1n) is 7.64. The fraction of sp³-hybridized carbons (Fsp3) is 0.111. The maximum Gasteiger partial charge on any atom is 0.374 e. The average Bonchev–Trinajstić information content (AvgIpc) is 3.05. The van der Waals surface area contributed by atoms with E-state index in [0.717, 1.165) is 5.39 Å². The molecule has 0 radical (unpaired) electrons. The lowest BCUT2D eigenvalue weighted by Gasteiger charge is -2.08. The molecule has 0 fully saturated rings. The van der Waals surface area contributed by atoms with Crippen LogP contribution >= 0.6 is 0 Å². The monoisotopic (exact) mass is 354 g/mol. The smallest absolute Gasteiger partial charge is 0.374 e. The van der Waals surface area contributed by atoms with Crippen LogP contribution in [0.2, 0.25) is 0 Å². The number of hydrogen-bond donors (Lipinski definition) is 1. The second-order valence-corrected chi connectivity index (χ2v) is 5.53. The van der Waals surface area contributed by atoms with Gasteiger partial charge in [-0.1, -0.05) is 24.3 Å². The Morgan fingerprint density at radius 3 is 2.69 bits per heavy atom. The van der Waals surface area contributed by atoms with E-state index in [2.05, 4.69) is 5.32 Å². The van der Waals surface area contributed by atoms with Gasteiger partial charge in [0, 0.05) is 17.5 Å². The van der Waals surface area contributed by atoms with E-state index < -0.39 is 23.4 Å². The molecule has 0 bridgehead atoms. The molecule has 8 nitrogen and oxygen atoms in total. The predicted molar refractivity (Wildman–Crippen MR) is 93.0 cm³/mol. The fourth-order valence-corrected chi connectivity index (χ4v) is 2.33. The Kier molecular flexibility index (Phi) is 4.66. The quantitative estimate of drug-likeness (QED) is 0.427. The highest BCUT2D eigenvalue weighted by molar-refractivity contribution is 5.96. The first-order chi connectivity index (χ1) is 12.4. The van der Waals surface area contributed by atoms with Crippen molar-refractivity contribution >= 4 is 34.2 Å². The normalized spacial score (nSPS) is 10.5. The molecule has 0 spiro atoms. The molecule has 1 N–H and O–H groups in total. The summed E-state index contributed by atoms with van der Waals surface area (Å²) in [6, 6.07) is 12.7. The number of nitrogens with one attached hydrogen (secondary N) is 1. The molecule has 132 valence electrons. The summed E-state index contributed by atoms with van der Waals surface area (Å²) < 4.78 is 10.3. The Morgan fingerprint density at radius 1 is 1.19 bits per heavy atom. The minimum atomic E-state index is -0.771. The number of carbonyl (C=O) groups excluding carboxylic acids is 2. The number of fused-ring (bicyclic) bond motifs is 1. The molecule has 2 aromatic carbocycles. The van der Waals surface area contributed by atoms with E-state index >= 15 is 0 Å². The van der Waals surface area contributed by atoms with Crippen molar-refractivity contribution in [1.29, 1.82) is 0 Å². The lowest BCUT2D eigenvalue weighted by atomic mass is 10.2. The topological polar surface area (TPSA) is 112 Å². The van der Waals surface area contributed by atoms with Crippen molar-refractivity contribution in [2.75, 3.05) is 11.9 Å². The molecule has 0 aliphatic heterocycles. The van der Waals surface area contributed by atoms with E-state index in [1.54, 1.807) is 25.1 Å². The van der Waals surface area contributed by atoms with Crippen molar-refractivity contribution in [3.63, 3.8) is 0 Å². The van der Waals surface area contributed by atoms with E-state index in [4.69, 9.17) is 9.15 Å². The molecule has 1 amide bonds. The molecule has 0 aliphatic carbocycles. The molecule has 8 heteroatoms. The Balaban J connectivity index is 1.62. The van der Waals surface area contributed by atoms with Crippen LogP contribution in [0.15, 0.2) is 52.9 Å². The standard InChI is InChI=1S/C18H14N2O6/c1-11-6-7-13(20(23)24)9-14(11)19-17(21)10-25-18(22)16-8-12-4-2-3-5-15(12)26-16/h2-9H,10H2,1H3,(H,19,21). The van der Waals surface area contributed by atoms with Crippen LogP contribution < -0.4 is 5.32 Å². The van der Waals surface area contributed by atoms with Gasteiger partial charge in [-0.3, -0.25) is 14.9 Å². The summed E-state index contributed by atoms with van der Waals surface area (Å²) in [4.78, 5) is 34.2. The Bertz CT molecular complexity index is 975. The minimum absolute atomic E-state index is 0.00877. The molecular formula is C18H14N2O6. The fourth-order valence-electron chi connectivity index (χ4n) is 2.33. The molecule has 1 aromatic heterocycles. The van der Waals surface area contributed by atoms with Crippen LogP contribution in [-0.2, 0) is 9.53 Å². The maximum atomic E-state index is 12.0. The number of rotatable bonds is 5. The molecule has 0 atom stereocenters. The van der Waals surface area contributed by atoms with Gasteiger partial charge in [0.2, 0.25) is 5.76 Å². The van der Waals surface area contributed by atoms with E-state index in [0.29, 0.717) is 11.1 Å². The zero-order chi connectivity index (χ0) is 18.7. The van der Waals surface area contributed by atoms with E-state index in [-0.39, 0.29) is 17.1 Å². The van der Waals surface area contributed by atoms with Crippen LogP contribution in [0.3, 0.4) is 0 Å². The van der Waals surface area contributed by atoms with Crippen LogP contribution in [0.1, 0.15) is 16.1 Å². The Morgan fingerprint density at radius 2 is 1.96 bits per heavy atom. The average molecular weight is 354 g/mol. The predicted octanol–water partition coefficient (Wildman–Crippen LogP) is 3.44. The molecule has 0 unspecified atom stereocenters. The molecule has 3 rings (SSSR count). The van der Waals surface area contributed by atoms with E-state index in [1.165, 1.54) is 24.3 Å². The van der Waals surface area contributed by atoms with Gasteiger partial charge in [0.05, 0.1) is 10.6 Å². The number of esters is 1. The molecule has 1 heterocycles. The summed E-state index contributed by atoms with van der Waals surface area (Å²) in [5, 5.41) is 14.0. The summed E-state index contributed by atoms with van der Waals surface area (Å²) >= 11 is 0. The number of ether oxygens (including phenoxy) is 1. The highest BCUT2D eigenvalue weighted by atomic mass is 16.6. The van der Waals surface area contributed by atoms with Crippen molar-refractivity contribution in [2.45, 2.75) is 6.92 Å². The summed E-state index contributed by atoms with van der Waals surface area (Å²) in [7, 11) is 0. The molecule has 0 saturated heterocycles. The van der Waals surface area contributed by atoms with Crippen molar-refractivity contribution in [3.8, 4) is 0 Å². The SMILES string of the molecule is Cc1ccc([N+](=O)[O-])cc1NC(=O)COC(=O)c1cc2ccccc2o1. The number of non-ortho nitro benzene ring substituents is 1. The van der Waals surface area contributed by atoms with Gasteiger partial charge in [-0.15, -0.1) is 0 Å². The van der Waals surface area contributed by atoms with Crippen LogP contribution in [0, 0.1) is 17.0 Å². The maximum absolute atomic E-state index is 12.0. The van der Waals surface area contributed by atoms with Gasteiger partial charge in [-0.2, -0.15) is 0 Å². The van der Waals surface area contributed by atoms with Crippen LogP contribution in [0.4, 0.5) is 11.4 Å². The van der Waals surface area contributed by atoms with Gasteiger partial charge in [-0.25, -0.2) is 4.79 Å². The summed E-state index contributed by atoms with van der Waals surface area (Å²) in [6.07, 6.45) is 0. The van der Waals surface area contributed by atoms with Gasteiger partial charge in [0.1, 0.15) is 5.58 Å². The van der Waals surface area contributed by atoms with Gasteiger partial charge < -0.3 is 14.5 Å². The third-order valence-electron chi connectivity index (χ3n) is 3.67. The number of hydrogen-bond acceptors (Lipinski definition) is 6. The molecule has 0 aliphatic rings. The van der Waals surface area contributed by atoms with E-state index in [1.807, 2.05) is 6.07 Å². The third kappa shape index (κ3) is 3.69. The number of aryl methyl sites for hydroxylation is 1. The Labute approximate surface area is 147 Å². The van der Waals surface area contributed by atoms with Gasteiger partial charge in [-0.05, 0) is 24.6 Å². The highest BCUT2D eigenvalue weighted by Crippen LogP contribution is 2.22. The number of amides is 1. The first-order valence-corrected chi connectivity index (χ1v) is 7.64. The lowest BCUT2D eigenvalue weighted by Crippen LogP contribution is -2.21. The van der Waals surface area contributed by atoms with Crippen molar-refractivity contribution in [2.24, 2.45) is 0 Å². The second-order valence-electron chi connectivity index (χ2n) is 5.53. The van der Waals surface area contributed by atoms with Gasteiger partial charge in [0.15, 0.2) is 6.61 Å². The number of anilines is 1. The minimum Gasteiger partial charge on any atom is -0.450 e. The number of nitro groups is 1. The molecular weight excluding hydrogens is 340 g/mol. The molecule has 26 heavy (non-hydrogen) atoms. The number of furan rings is 1. The zero-order valence-corrected chi connectivity index (χ0v) is 13.7. The van der Waals surface area contributed by atoms with Gasteiger partial charge in [0.25, 0.3) is 11.6 Å². The number of carbonyl (C=O) groups is 2. The Hall–Kier alpha value is -3.68. The summed E-state index contributed by atoms with van der Waals surface area (Å²) in [5.41, 5.74) is 1.32. The molecule has 0 saturated carbocycles. The van der Waals surface area contributed by atoms with Crippen molar-refractivity contribution in [1.82, 2.24) is 0 Å². The van der Waals surface area contributed by atoms with Crippen molar-refractivity contribution < 1.29 is 23.7 Å². The van der Waals surface area contributed by atoms with Crippen LogP contribution in [0.25, 0.3) is 11.0 Å². The zero-order valence-electron chi connectivity index (χ0n) is 13.7. The summed E-state index contributed by atoms with van der Waals surface area (Å²) in [5.74, 6) is -1.39. The van der Waals surface area contributed by atoms with Crippen LogP contribution in [0.5, 0.6) is 0 Å². The van der Waals surface area contributed by atoms with Crippen LogP contribution in [-0.4, -0.2) is 23.4 Å². The number of para-hydroxylation sites is 1. The van der Waals surface area contributed by atoms with Gasteiger partial charge >= 0.3 is 5.97 Å². The number of nitro benzene ring substituents is 1. The van der Waals surface area contributed by atoms with Crippen molar-refractivity contribution in [3.05, 3.63) is 70.0 Å². The van der Waals surface area contributed by atoms with E-state index in [9.17, 15) is 19.7 Å².